The van der Waals surface area contributed by atoms with E-state index in [-0.39, 0.29) is 17.4 Å². The Morgan fingerprint density at radius 3 is 2.50 bits per heavy atom. The van der Waals surface area contributed by atoms with E-state index < -0.39 is 15.4 Å². The summed E-state index contributed by atoms with van der Waals surface area (Å²) in [6.45, 7) is 5.96. The topological polar surface area (TPSA) is 78.0 Å². The summed E-state index contributed by atoms with van der Waals surface area (Å²) in [5, 5.41) is 4.51. The number of nitrogens with zero attached hydrogens (tertiary/aromatic N) is 2. The molecule has 0 radical (unpaired) electrons. The van der Waals surface area contributed by atoms with Gasteiger partial charge in [0.15, 0.2) is 9.84 Å². The highest BCUT2D eigenvalue weighted by Crippen LogP contribution is 2.37. The molecular formula is C11H18BrN3O2S. The van der Waals surface area contributed by atoms with Gasteiger partial charge in [0.25, 0.3) is 0 Å². The van der Waals surface area contributed by atoms with Crippen molar-refractivity contribution in [2.45, 2.75) is 38.6 Å². The summed E-state index contributed by atoms with van der Waals surface area (Å²) in [6.07, 6.45) is 0.561. The van der Waals surface area contributed by atoms with E-state index in [0.29, 0.717) is 12.2 Å². The third-order valence-electron chi connectivity index (χ3n) is 3.43. The molecule has 1 atom stereocenters. The molecule has 0 bridgehead atoms. The second-order valence-electron chi connectivity index (χ2n) is 5.49. The van der Waals surface area contributed by atoms with Crippen molar-refractivity contribution < 1.29 is 8.42 Å². The lowest BCUT2D eigenvalue weighted by atomic mass is 10.0. The molecule has 2 N–H and O–H groups in total. The molecule has 1 aromatic rings. The lowest BCUT2D eigenvalue weighted by Gasteiger charge is -2.24. The van der Waals surface area contributed by atoms with Gasteiger partial charge < -0.3 is 5.73 Å². The van der Waals surface area contributed by atoms with Crippen LogP contribution in [0.3, 0.4) is 0 Å². The maximum atomic E-state index is 11.7. The summed E-state index contributed by atoms with van der Waals surface area (Å²) >= 11 is 3.44. The Bertz CT molecular complexity index is 579. The minimum atomic E-state index is -2.97. The lowest BCUT2D eigenvalue weighted by molar-refractivity contribution is 0.331. The Kier molecular flexibility index (Phi) is 3.26. The quantitative estimate of drug-likeness (QED) is 0.895. The number of sulfone groups is 1. The first-order chi connectivity index (χ1) is 8.16. The van der Waals surface area contributed by atoms with Gasteiger partial charge in [-0.25, -0.2) is 13.1 Å². The van der Waals surface area contributed by atoms with E-state index >= 15 is 0 Å². The van der Waals surface area contributed by atoms with Crippen molar-refractivity contribution >= 4 is 31.6 Å². The van der Waals surface area contributed by atoms with Gasteiger partial charge in [-0.15, -0.1) is 0 Å². The molecule has 1 aliphatic rings. The smallest absolute Gasteiger partial charge is 0.152 e. The van der Waals surface area contributed by atoms with Gasteiger partial charge in [0, 0.05) is 0 Å². The molecule has 0 aliphatic carbocycles. The van der Waals surface area contributed by atoms with Gasteiger partial charge in [-0.2, -0.15) is 5.10 Å². The van der Waals surface area contributed by atoms with Crippen molar-refractivity contribution in [3.63, 3.8) is 0 Å². The van der Waals surface area contributed by atoms with Crippen molar-refractivity contribution in [1.29, 1.82) is 0 Å². The summed E-state index contributed by atoms with van der Waals surface area (Å²) in [4.78, 5) is 0. The summed E-state index contributed by atoms with van der Waals surface area (Å²) in [5.41, 5.74) is 6.40. The average molecular weight is 336 g/mol. The summed E-state index contributed by atoms with van der Waals surface area (Å²) in [7, 11) is -2.97. The first kappa shape index (κ1) is 13.9. The van der Waals surface area contributed by atoms with Crippen molar-refractivity contribution in [3.8, 4) is 0 Å². The molecule has 1 fully saturated rings. The Hall–Kier alpha value is -0.560. The third kappa shape index (κ3) is 2.18. The Morgan fingerprint density at radius 2 is 2.11 bits per heavy atom. The van der Waals surface area contributed by atoms with Gasteiger partial charge in [-0.05, 0) is 35.2 Å². The van der Waals surface area contributed by atoms with E-state index in [4.69, 9.17) is 5.73 Å². The molecule has 0 amide bonds. The van der Waals surface area contributed by atoms with Crippen molar-refractivity contribution in [2.75, 3.05) is 17.2 Å². The van der Waals surface area contributed by atoms with Gasteiger partial charge in [0.05, 0.1) is 27.2 Å². The maximum absolute atomic E-state index is 11.7. The average Bonchev–Trinajstić information content (AvgIpc) is 2.68. The van der Waals surface area contributed by atoms with Gasteiger partial charge in [-0.3, -0.25) is 0 Å². The van der Waals surface area contributed by atoms with E-state index in [1.807, 2.05) is 20.8 Å². The van der Waals surface area contributed by atoms with Gasteiger partial charge in [0.2, 0.25) is 0 Å². The van der Waals surface area contributed by atoms with Crippen molar-refractivity contribution in [3.05, 3.63) is 10.2 Å². The zero-order chi connectivity index (χ0) is 13.7. The van der Waals surface area contributed by atoms with E-state index in [0.717, 1.165) is 10.2 Å². The van der Waals surface area contributed by atoms with E-state index in [9.17, 15) is 8.42 Å². The second-order valence-corrected chi connectivity index (χ2v) is 8.47. The SMILES string of the molecule is CC(C)c1nn(C2(C)CCS(=O)(=O)C2)c(N)c1Br. The fourth-order valence-electron chi connectivity index (χ4n) is 2.37. The number of hydrogen-bond acceptors (Lipinski definition) is 4. The monoisotopic (exact) mass is 335 g/mol. The highest BCUT2D eigenvalue weighted by Gasteiger charge is 2.42. The van der Waals surface area contributed by atoms with Crippen LogP contribution in [0.25, 0.3) is 0 Å². The van der Waals surface area contributed by atoms with Gasteiger partial charge in [0.1, 0.15) is 5.82 Å². The van der Waals surface area contributed by atoms with Crippen molar-refractivity contribution in [1.82, 2.24) is 9.78 Å². The molecule has 1 aliphatic heterocycles. The maximum Gasteiger partial charge on any atom is 0.152 e. The second kappa shape index (κ2) is 4.23. The van der Waals surface area contributed by atoms with Crippen LogP contribution in [0.2, 0.25) is 0 Å². The summed E-state index contributed by atoms with van der Waals surface area (Å²) in [5.74, 6) is 1.07. The standard InChI is InChI=1S/C11H18BrN3O2S/c1-7(2)9-8(12)10(13)15(14-9)11(3)4-5-18(16,17)6-11/h7H,4-6,13H2,1-3H3. The summed E-state index contributed by atoms with van der Waals surface area (Å²) in [6, 6.07) is 0. The number of nitrogens with two attached hydrogens (primary N) is 1. The molecule has 102 valence electrons. The number of hydrogen-bond donors (Lipinski definition) is 1. The molecule has 0 saturated carbocycles. The Balaban J connectivity index is 2.50. The molecule has 2 heterocycles. The molecule has 1 unspecified atom stereocenters. The number of aromatic nitrogens is 2. The molecule has 1 aromatic heterocycles. The molecule has 2 rings (SSSR count). The third-order valence-corrected chi connectivity index (χ3v) is 6.13. The van der Waals surface area contributed by atoms with Crippen LogP contribution in [-0.4, -0.2) is 29.7 Å². The number of rotatable bonds is 2. The zero-order valence-corrected chi connectivity index (χ0v) is 13.2. The first-order valence-electron chi connectivity index (χ1n) is 5.91. The summed E-state index contributed by atoms with van der Waals surface area (Å²) < 4.78 is 25.8. The molecule has 0 aromatic carbocycles. The Labute approximate surface area is 116 Å². The minimum Gasteiger partial charge on any atom is -0.383 e. The zero-order valence-electron chi connectivity index (χ0n) is 10.8. The van der Waals surface area contributed by atoms with E-state index in [2.05, 4.69) is 21.0 Å². The predicted molar refractivity (Wildman–Crippen MR) is 75.3 cm³/mol. The van der Waals surface area contributed by atoms with Gasteiger partial charge in [-0.1, -0.05) is 13.8 Å². The molecule has 18 heavy (non-hydrogen) atoms. The minimum absolute atomic E-state index is 0.107. The van der Waals surface area contributed by atoms with Crippen LogP contribution in [-0.2, 0) is 15.4 Å². The predicted octanol–water partition coefficient (Wildman–Crippen LogP) is 1.88. The van der Waals surface area contributed by atoms with Crippen LogP contribution < -0.4 is 5.73 Å². The fraction of sp³-hybridized carbons (Fsp3) is 0.727. The number of halogens is 1. The highest BCUT2D eigenvalue weighted by molar-refractivity contribution is 9.10. The number of nitrogen functional groups attached to an aromatic ring is 1. The van der Waals surface area contributed by atoms with E-state index in [1.54, 1.807) is 4.68 Å². The largest absolute Gasteiger partial charge is 0.383 e. The lowest BCUT2D eigenvalue weighted by Crippen LogP contribution is -2.33. The van der Waals surface area contributed by atoms with E-state index in [1.165, 1.54) is 0 Å². The molecule has 7 heteroatoms. The Morgan fingerprint density at radius 1 is 1.50 bits per heavy atom. The molecular weight excluding hydrogens is 318 g/mol. The molecule has 5 nitrogen and oxygen atoms in total. The molecule has 0 spiro atoms. The van der Waals surface area contributed by atoms with Crippen LogP contribution in [0, 0.1) is 0 Å². The van der Waals surface area contributed by atoms with Gasteiger partial charge >= 0.3 is 0 Å². The van der Waals surface area contributed by atoms with Crippen LogP contribution in [0.4, 0.5) is 5.82 Å². The number of anilines is 1. The van der Waals surface area contributed by atoms with Crippen LogP contribution >= 0.6 is 15.9 Å². The molecule has 1 saturated heterocycles. The highest BCUT2D eigenvalue weighted by atomic mass is 79.9. The fourth-order valence-corrected chi connectivity index (χ4v) is 5.18. The van der Waals surface area contributed by atoms with Crippen LogP contribution in [0.5, 0.6) is 0 Å². The van der Waals surface area contributed by atoms with Crippen LogP contribution in [0.15, 0.2) is 4.47 Å². The normalized spacial score (nSPS) is 26.9. The first-order valence-corrected chi connectivity index (χ1v) is 8.52. The van der Waals surface area contributed by atoms with Crippen LogP contribution in [0.1, 0.15) is 38.8 Å². The van der Waals surface area contributed by atoms with Crippen molar-refractivity contribution in [2.24, 2.45) is 0 Å².